The molecule has 0 fully saturated rings. The van der Waals surface area contributed by atoms with Crippen molar-refractivity contribution in [3.63, 3.8) is 0 Å². The number of hydrogen-bond donors (Lipinski definition) is 1. The summed E-state index contributed by atoms with van der Waals surface area (Å²) in [5.74, 6) is -1.34. The molecule has 0 saturated carbocycles. The number of carbonyl (C=O) groups excluding carboxylic acids is 1. The summed E-state index contributed by atoms with van der Waals surface area (Å²) in [7, 11) is 1.41. The highest BCUT2D eigenvalue weighted by Crippen LogP contribution is 2.26. The molecule has 7 nitrogen and oxygen atoms in total. The minimum Gasteiger partial charge on any atom is -0.506 e. The number of rotatable bonds is 5. The van der Waals surface area contributed by atoms with Gasteiger partial charge in [0.25, 0.3) is 5.69 Å². The Morgan fingerprint density at radius 1 is 1.50 bits per heavy atom. The van der Waals surface area contributed by atoms with Crippen LogP contribution in [0.5, 0.6) is 0 Å². The van der Waals surface area contributed by atoms with E-state index in [1.807, 2.05) is 0 Å². The van der Waals surface area contributed by atoms with Crippen molar-refractivity contribution in [1.29, 1.82) is 0 Å². The molecular weight excluding hydrogens is 264 g/mol. The Morgan fingerprint density at radius 3 is 2.70 bits per heavy atom. The van der Waals surface area contributed by atoms with Crippen LogP contribution >= 0.6 is 0 Å². The lowest BCUT2D eigenvalue weighted by atomic mass is 10.1. The Labute approximate surface area is 115 Å². The number of carbonyl (C=O) groups is 1. The van der Waals surface area contributed by atoms with Crippen LogP contribution in [0, 0.1) is 10.1 Å². The van der Waals surface area contributed by atoms with Crippen molar-refractivity contribution in [2.45, 2.75) is 6.92 Å². The van der Waals surface area contributed by atoms with Gasteiger partial charge in [0.2, 0.25) is 0 Å². The number of aliphatic hydroxyl groups is 1. The molecule has 20 heavy (non-hydrogen) atoms. The van der Waals surface area contributed by atoms with E-state index in [0.717, 1.165) is 6.21 Å². The number of nitrogens with zero attached hydrogens (tertiary/aromatic N) is 2. The summed E-state index contributed by atoms with van der Waals surface area (Å²) < 4.78 is 4.78. The fourth-order valence-electron chi connectivity index (χ4n) is 1.53. The second kappa shape index (κ2) is 7.03. The topological polar surface area (TPSA) is 102 Å². The normalized spacial score (nSPS) is 12.1. The van der Waals surface area contributed by atoms with Crippen LogP contribution in [0.15, 0.2) is 34.8 Å². The highest BCUT2D eigenvalue weighted by molar-refractivity contribution is 6.15. The van der Waals surface area contributed by atoms with Crippen LogP contribution in [0.2, 0.25) is 0 Å². The first-order chi connectivity index (χ1) is 9.52. The SMILES string of the molecule is CCOC(=O)C(C=NC)=C(O)c1ccccc1[N+](=O)[O-]. The molecule has 1 aromatic rings. The fraction of sp³-hybridized carbons (Fsp3) is 0.231. The van der Waals surface area contributed by atoms with Crippen molar-refractivity contribution in [3.05, 3.63) is 45.5 Å². The first-order valence-electron chi connectivity index (χ1n) is 5.79. The summed E-state index contributed by atoms with van der Waals surface area (Å²) in [6, 6.07) is 5.56. The van der Waals surface area contributed by atoms with E-state index in [2.05, 4.69) is 4.99 Å². The van der Waals surface area contributed by atoms with E-state index in [9.17, 15) is 20.0 Å². The number of nitro benzene ring substituents is 1. The van der Waals surface area contributed by atoms with E-state index in [-0.39, 0.29) is 23.4 Å². The maximum Gasteiger partial charge on any atom is 0.343 e. The summed E-state index contributed by atoms with van der Waals surface area (Å²) in [5, 5.41) is 21.0. The monoisotopic (exact) mass is 278 g/mol. The van der Waals surface area contributed by atoms with Crippen LogP contribution in [0.1, 0.15) is 12.5 Å². The van der Waals surface area contributed by atoms with Gasteiger partial charge in [-0.1, -0.05) is 12.1 Å². The molecule has 106 valence electrons. The molecule has 1 N–H and O–H groups in total. The minimum atomic E-state index is -0.797. The highest BCUT2D eigenvalue weighted by Gasteiger charge is 2.22. The molecule has 0 aliphatic rings. The fourth-order valence-corrected chi connectivity index (χ4v) is 1.53. The van der Waals surface area contributed by atoms with E-state index in [4.69, 9.17) is 4.74 Å². The van der Waals surface area contributed by atoms with Crippen LogP contribution < -0.4 is 0 Å². The molecule has 0 saturated heterocycles. The number of aliphatic hydroxyl groups excluding tert-OH is 1. The summed E-state index contributed by atoms with van der Waals surface area (Å²) >= 11 is 0. The zero-order valence-electron chi connectivity index (χ0n) is 11.1. The Balaban J connectivity index is 3.43. The summed E-state index contributed by atoms with van der Waals surface area (Å²) in [5.41, 5.74) is -0.611. The summed E-state index contributed by atoms with van der Waals surface area (Å²) in [6.07, 6.45) is 1.10. The quantitative estimate of drug-likeness (QED) is 0.222. The third-order valence-corrected chi connectivity index (χ3v) is 2.36. The van der Waals surface area contributed by atoms with Gasteiger partial charge in [0, 0.05) is 19.3 Å². The van der Waals surface area contributed by atoms with Gasteiger partial charge in [-0.15, -0.1) is 0 Å². The Morgan fingerprint density at radius 2 is 2.15 bits per heavy atom. The molecular formula is C13H14N2O5. The predicted octanol–water partition coefficient (Wildman–Crippen LogP) is 2.13. The third kappa shape index (κ3) is 3.41. The van der Waals surface area contributed by atoms with Crippen LogP contribution in [-0.4, -0.2) is 35.9 Å². The van der Waals surface area contributed by atoms with Gasteiger partial charge in [-0.2, -0.15) is 0 Å². The molecule has 1 aromatic carbocycles. The molecule has 0 amide bonds. The van der Waals surface area contributed by atoms with Gasteiger partial charge in [-0.25, -0.2) is 4.79 Å². The first kappa shape index (κ1) is 15.4. The molecule has 7 heteroatoms. The zero-order chi connectivity index (χ0) is 15.1. The molecule has 0 heterocycles. The standard InChI is InChI=1S/C13H14N2O5/c1-3-20-13(17)10(8-14-2)12(16)9-6-4-5-7-11(9)15(18)19/h4-8,16H,3H2,1-2H3. The third-order valence-electron chi connectivity index (χ3n) is 2.36. The van der Waals surface area contributed by atoms with Crippen LogP contribution in [0.25, 0.3) is 5.76 Å². The van der Waals surface area contributed by atoms with E-state index < -0.39 is 16.7 Å². The molecule has 0 aliphatic carbocycles. The average molecular weight is 278 g/mol. The van der Waals surface area contributed by atoms with Gasteiger partial charge in [-0.3, -0.25) is 15.1 Å². The molecule has 0 spiro atoms. The highest BCUT2D eigenvalue weighted by atomic mass is 16.6. The van der Waals surface area contributed by atoms with Crippen molar-refractivity contribution >= 4 is 23.6 Å². The molecule has 1 rings (SSSR count). The van der Waals surface area contributed by atoms with Gasteiger partial charge in [-0.05, 0) is 13.0 Å². The number of nitro groups is 1. The maximum absolute atomic E-state index is 11.7. The molecule has 0 unspecified atom stereocenters. The number of hydrogen-bond acceptors (Lipinski definition) is 6. The van der Waals surface area contributed by atoms with Crippen molar-refractivity contribution < 1.29 is 19.6 Å². The van der Waals surface area contributed by atoms with Gasteiger partial charge in [0.1, 0.15) is 11.3 Å². The van der Waals surface area contributed by atoms with E-state index in [1.54, 1.807) is 6.92 Å². The molecule has 0 bridgehead atoms. The van der Waals surface area contributed by atoms with Crippen LogP contribution in [0.4, 0.5) is 5.69 Å². The number of ether oxygens (including phenoxy) is 1. The number of para-hydroxylation sites is 1. The number of benzene rings is 1. The lowest BCUT2D eigenvalue weighted by molar-refractivity contribution is -0.385. The number of aliphatic imine (C=N–C) groups is 1. The van der Waals surface area contributed by atoms with E-state index in [0.29, 0.717) is 0 Å². The Bertz CT molecular complexity index is 578. The van der Waals surface area contributed by atoms with E-state index in [1.165, 1.54) is 31.3 Å². The molecule has 0 atom stereocenters. The largest absolute Gasteiger partial charge is 0.506 e. The Kier molecular flexibility index (Phi) is 5.40. The minimum absolute atomic E-state index is 0.0690. The van der Waals surface area contributed by atoms with Crippen LogP contribution in [0.3, 0.4) is 0 Å². The van der Waals surface area contributed by atoms with Crippen LogP contribution in [-0.2, 0) is 9.53 Å². The van der Waals surface area contributed by atoms with Gasteiger partial charge in [0.05, 0.1) is 17.1 Å². The summed E-state index contributed by atoms with van der Waals surface area (Å²) in [6.45, 7) is 1.73. The summed E-state index contributed by atoms with van der Waals surface area (Å²) in [4.78, 5) is 25.7. The van der Waals surface area contributed by atoms with Crippen molar-refractivity contribution in [1.82, 2.24) is 0 Å². The Hall–Kier alpha value is -2.70. The lowest BCUT2D eigenvalue weighted by Crippen LogP contribution is -2.11. The molecule has 0 radical (unpaired) electrons. The second-order valence-electron chi connectivity index (χ2n) is 3.64. The van der Waals surface area contributed by atoms with Gasteiger partial charge < -0.3 is 9.84 Å². The van der Waals surface area contributed by atoms with Crippen molar-refractivity contribution in [2.24, 2.45) is 4.99 Å². The predicted molar refractivity (Wildman–Crippen MR) is 73.7 cm³/mol. The second-order valence-corrected chi connectivity index (χ2v) is 3.64. The maximum atomic E-state index is 11.7. The van der Waals surface area contributed by atoms with Gasteiger partial charge >= 0.3 is 5.97 Å². The van der Waals surface area contributed by atoms with E-state index >= 15 is 0 Å². The van der Waals surface area contributed by atoms with Crippen molar-refractivity contribution in [2.75, 3.05) is 13.7 Å². The molecule has 0 aromatic heterocycles. The zero-order valence-corrected chi connectivity index (χ0v) is 11.1. The lowest BCUT2D eigenvalue weighted by Gasteiger charge is -2.07. The van der Waals surface area contributed by atoms with Crippen molar-refractivity contribution in [3.8, 4) is 0 Å². The number of esters is 1. The molecule has 0 aliphatic heterocycles. The average Bonchev–Trinajstić information content (AvgIpc) is 2.44. The van der Waals surface area contributed by atoms with Gasteiger partial charge in [0.15, 0.2) is 0 Å². The first-order valence-corrected chi connectivity index (χ1v) is 5.79. The smallest absolute Gasteiger partial charge is 0.343 e.